The number of ether oxygens (including phenoxy) is 1. The molecule has 9 nitrogen and oxygen atoms in total. The van der Waals surface area contributed by atoms with Crippen LogP contribution in [-0.2, 0) is 9.53 Å². The summed E-state index contributed by atoms with van der Waals surface area (Å²) in [6.07, 6.45) is 0. The van der Waals surface area contributed by atoms with E-state index in [9.17, 15) is 9.59 Å². The minimum absolute atomic E-state index is 0.266. The predicted molar refractivity (Wildman–Crippen MR) is 95.8 cm³/mol. The van der Waals surface area contributed by atoms with Crippen molar-refractivity contribution in [2.45, 2.75) is 38.9 Å². The highest BCUT2D eigenvalue weighted by Crippen LogP contribution is 2.24. The lowest BCUT2D eigenvalue weighted by atomic mass is 10.1. The average molecular weight is 376 g/mol. The minimum atomic E-state index is -0.442. The molecule has 26 heavy (non-hydrogen) atoms. The van der Waals surface area contributed by atoms with Gasteiger partial charge in [0.25, 0.3) is 5.78 Å². The van der Waals surface area contributed by atoms with E-state index in [4.69, 9.17) is 4.74 Å². The number of amides is 2. The number of rotatable bonds is 5. The third kappa shape index (κ3) is 3.50. The molecule has 10 heteroatoms. The normalized spacial score (nSPS) is 17.2. The average Bonchev–Trinajstić information content (AvgIpc) is 2.95. The standard InChI is InChI=1S/C16H20N6O3S/c1-5-25-13(23)12-10(4)18-15(24)19-11(12)7-26-16-21-20-14-17-8(2)6-9(3)22(14)16/h6,10H,5,7H2,1-4H3,(H2,18,19,24)/t10-/m0/s1. The second-order valence-corrected chi connectivity index (χ2v) is 6.82. The molecule has 0 unspecified atom stereocenters. The molecule has 2 aromatic rings. The molecule has 0 fully saturated rings. The highest BCUT2D eigenvalue weighted by Gasteiger charge is 2.29. The molecule has 138 valence electrons. The van der Waals surface area contributed by atoms with Crippen molar-refractivity contribution in [1.29, 1.82) is 0 Å². The van der Waals surface area contributed by atoms with Crippen LogP contribution in [0, 0.1) is 13.8 Å². The molecular formula is C16H20N6O3S. The lowest BCUT2D eigenvalue weighted by Gasteiger charge is -2.26. The summed E-state index contributed by atoms with van der Waals surface area (Å²) in [5, 5.41) is 14.3. The van der Waals surface area contributed by atoms with Crippen LogP contribution in [0.3, 0.4) is 0 Å². The summed E-state index contributed by atoms with van der Waals surface area (Å²) in [5.74, 6) is 0.426. The Kier molecular flexibility index (Phi) is 5.12. The molecule has 2 N–H and O–H groups in total. The summed E-state index contributed by atoms with van der Waals surface area (Å²) in [6.45, 7) is 7.61. The first-order chi connectivity index (χ1) is 12.4. The molecule has 0 bridgehead atoms. The minimum Gasteiger partial charge on any atom is -0.463 e. The van der Waals surface area contributed by atoms with E-state index in [-0.39, 0.29) is 12.6 Å². The van der Waals surface area contributed by atoms with E-state index in [0.29, 0.717) is 28.0 Å². The van der Waals surface area contributed by atoms with Crippen LogP contribution in [0.4, 0.5) is 4.79 Å². The first-order valence-electron chi connectivity index (χ1n) is 8.20. The molecular weight excluding hydrogens is 356 g/mol. The Morgan fingerprint density at radius 1 is 1.38 bits per heavy atom. The summed E-state index contributed by atoms with van der Waals surface area (Å²) < 4.78 is 6.96. The number of aromatic nitrogens is 4. The van der Waals surface area contributed by atoms with Crippen LogP contribution >= 0.6 is 11.8 Å². The van der Waals surface area contributed by atoms with Crippen molar-refractivity contribution in [3.05, 3.63) is 28.7 Å². The van der Waals surface area contributed by atoms with Crippen molar-refractivity contribution >= 4 is 29.5 Å². The van der Waals surface area contributed by atoms with Gasteiger partial charge in [-0.3, -0.25) is 4.40 Å². The van der Waals surface area contributed by atoms with E-state index in [1.54, 1.807) is 13.8 Å². The van der Waals surface area contributed by atoms with E-state index in [1.807, 2.05) is 24.3 Å². The zero-order valence-corrected chi connectivity index (χ0v) is 15.8. The van der Waals surface area contributed by atoms with Crippen LogP contribution in [-0.4, -0.2) is 50.0 Å². The number of esters is 1. The van der Waals surface area contributed by atoms with Crippen LogP contribution in [0.25, 0.3) is 5.78 Å². The van der Waals surface area contributed by atoms with Gasteiger partial charge in [-0.05, 0) is 33.8 Å². The van der Waals surface area contributed by atoms with Crippen LogP contribution in [0.1, 0.15) is 25.2 Å². The van der Waals surface area contributed by atoms with Crippen LogP contribution in [0.5, 0.6) is 0 Å². The molecule has 1 aliphatic rings. The molecule has 1 aliphatic heterocycles. The maximum absolute atomic E-state index is 12.3. The fraction of sp³-hybridized carbons (Fsp3) is 0.438. The molecule has 0 aliphatic carbocycles. The number of carbonyl (C=O) groups is 2. The summed E-state index contributed by atoms with van der Waals surface area (Å²) in [4.78, 5) is 28.4. The molecule has 0 spiro atoms. The van der Waals surface area contributed by atoms with Gasteiger partial charge in [0, 0.05) is 22.8 Å². The van der Waals surface area contributed by atoms with E-state index in [0.717, 1.165) is 11.4 Å². The molecule has 0 saturated heterocycles. The summed E-state index contributed by atoms with van der Waals surface area (Å²) >= 11 is 1.37. The molecule has 3 rings (SSSR count). The zero-order valence-electron chi connectivity index (χ0n) is 15.0. The number of nitrogens with zero attached hydrogens (tertiary/aromatic N) is 4. The number of carbonyl (C=O) groups excluding carboxylic acids is 2. The number of hydrogen-bond acceptors (Lipinski definition) is 7. The van der Waals surface area contributed by atoms with Crippen LogP contribution in [0.15, 0.2) is 22.5 Å². The van der Waals surface area contributed by atoms with Crippen LogP contribution < -0.4 is 10.6 Å². The Balaban J connectivity index is 1.90. The molecule has 2 amide bonds. The zero-order chi connectivity index (χ0) is 18.8. The Labute approximate surface area is 154 Å². The maximum atomic E-state index is 12.3. The summed E-state index contributed by atoms with van der Waals surface area (Å²) in [7, 11) is 0. The summed E-state index contributed by atoms with van der Waals surface area (Å²) in [5.41, 5.74) is 2.76. The van der Waals surface area contributed by atoms with Gasteiger partial charge < -0.3 is 15.4 Å². The fourth-order valence-corrected chi connectivity index (χ4v) is 3.78. The van der Waals surface area contributed by atoms with Gasteiger partial charge in [-0.1, -0.05) is 11.8 Å². The fourth-order valence-electron chi connectivity index (χ4n) is 2.82. The number of urea groups is 1. The SMILES string of the molecule is CCOC(=O)C1=C(CSc2nnc3nc(C)cc(C)n23)NC(=O)N[C@H]1C. The lowest BCUT2D eigenvalue weighted by molar-refractivity contribution is -0.138. The number of aryl methyl sites for hydroxylation is 2. The Morgan fingerprint density at radius 3 is 2.88 bits per heavy atom. The predicted octanol–water partition coefficient (Wildman–Crippen LogP) is 1.35. The van der Waals surface area contributed by atoms with E-state index < -0.39 is 12.0 Å². The molecule has 2 aromatic heterocycles. The van der Waals surface area contributed by atoms with Crippen molar-refractivity contribution in [1.82, 2.24) is 30.2 Å². The number of nitrogens with one attached hydrogen (secondary N) is 2. The molecule has 0 radical (unpaired) electrons. The lowest BCUT2D eigenvalue weighted by Crippen LogP contribution is -2.49. The third-order valence-electron chi connectivity index (χ3n) is 3.87. The van der Waals surface area contributed by atoms with E-state index >= 15 is 0 Å². The van der Waals surface area contributed by atoms with Crippen LogP contribution in [0.2, 0.25) is 0 Å². The van der Waals surface area contributed by atoms with E-state index in [1.165, 1.54) is 11.8 Å². The smallest absolute Gasteiger partial charge is 0.337 e. The number of fused-ring (bicyclic) bond motifs is 1. The van der Waals surface area contributed by atoms with Gasteiger partial charge in [0.2, 0.25) is 0 Å². The van der Waals surface area contributed by atoms with Gasteiger partial charge in [-0.25, -0.2) is 14.6 Å². The number of hydrogen-bond donors (Lipinski definition) is 2. The Bertz CT molecular complexity index is 907. The second-order valence-electron chi connectivity index (χ2n) is 5.88. The monoisotopic (exact) mass is 376 g/mol. The first-order valence-corrected chi connectivity index (χ1v) is 9.19. The van der Waals surface area contributed by atoms with Gasteiger partial charge in [0.05, 0.1) is 18.2 Å². The van der Waals surface area contributed by atoms with Gasteiger partial charge in [-0.2, -0.15) is 0 Å². The largest absolute Gasteiger partial charge is 0.463 e. The summed E-state index contributed by atoms with van der Waals surface area (Å²) in [6, 6.07) is 1.17. The maximum Gasteiger partial charge on any atom is 0.337 e. The van der Waals surface area contributed by atoms with Gasteiger partial charge >= 0.3 is 12.0 Å². The molecule has 3 heterocycles. The Morgan fingerprint density at radius 2 is 2.15 bits per heavy atom. The highest BCUT2D eigenvalue weighted by molar-refractivity contribution is 7.99. The van der Waals surface area contributed by atoms with Gasteiger partial charge in [0.15, 0.2) is 5.16 Å². The van der Waals surface area contributed by atoms with Gasteiger partial charge in [-0.15, -0.1) is 10.2 Å². The topological polar surface area (TPSA) is 111 Å². The van der Waals surface area contributed by atoms with Crippen molar-refractivity contribution in [3.8, 4) is 0 Å². The van der Waals surface area contributed by atoms with Gasteiger partial charge in [0.1, 0.15) is 0 Å². The second kappa shape index (κ2) is 7.32. The highest BCUT2D eigenvalue weighted by atomic mass is 32.2. The number of thioether (sulfide) groups is 1. The van der Waals surface area contributed by atoms with Crippen molar-refractivity contribution in [3.63, 3.8) is 0 Å². The molecule has 1 atom stereocenters. The van der Waals surface area contributed by atoms with Crippen molar-refractivity contribution < 1.29 is 14.3 Å². The molecule has 0 aromatic carbocycles. The first kappa shape index (κ1) is 18.2. The molecule has 0 saturated carbocycles. The third-order valence-corrected chi connectivity index (χ3v) is 4.83. The van der Waals surface area contributed by atoms with Crippen molar-refractivity contribution in [2.75, 3.05) is 12.4 Å². The van der Waals surface area contributed by atoms with E-state index in [2.05, 4.69) is 25.8 Å². The van der Waals surface area contributed by atoms with Crippen molar-refractivity contribution in [2.24, 2.45) is 0 Å². The Hall–Kier alpha value is -2.62. The quantitative estimate of drug-likeness (QED) is 0.599.